The van der Waals surface area contributed by atoms with E-state index in [0.29, 0.717) is 13.0 Å². The van der Waals surface area contributed by atoms with E-state index in [1.165, 1.54) is 12.8 Å². The van der Waals surface area contributed by atoms with Crippen molar-refractivity contribution in [1.82, 2.24) is 0 Å². The molecule has 0 spiro atoms. The Hall–Kier alpha value is -1.32. The average molecular weight is 298 g/mol. The van der Waals surface area contributed by atoms with Gasteiger partial charge in [0.2, 0.25) is 0 Å². The van der Waals surface area contributed by atoms with Crippen LogP contribution in [-0.2, 0) is 14.3 Å². The van der Waals surface area contributed by atoms with E-state index < -0.39 is 23.8 Å². The van der Waals surface area contributed by atoms with Crippen molar-refractivity contribution in [3.8, 4) is 0 Å². The maximum absolute atomic E-state index is 11.7. The molecule has 0 fully saturated rings. The second kappa shape index (κ2) is 12.4. The zero-order valence-corrected chi connectivity index (χ0v) is 13.6. The van der Waals surface area contributed by atoms with Crippen LogP contribution in [0, 0.1) is 11.8 Å². The molecule has 0 aliphatic heterocycles. The van der Waals surface area contributed by atoms with Crippen LogP contribution in [0.4, 0.5) is 0 Å². The van der Waals surface area contributed by atoms with Crippen LogP contribution in [0.15, 0.2) is 12.2 Å². The zero-order valence-electron chi connectivity index (χ0n) is 13.6. The van der Waals surface area contributed by atoms with Crippen LogP contribution in [0.3, 0.4) is 0 Å². The molecule has 2 unspecified atom stereocenters. The third-order valence-electron chi connectivity index (χ3n) is 3.50. The van der Waals surface area contributed by atoms with Crippen molar-refractivity contribution in [3.05, 3.63) is 12.2 Å². The second-order valence-corrected chi connectivity index (χ2v) is 5.35. The van der Waals surface area contributed by atoms with Crippen molar-refractivity contribution in [2.24, 2.45) is 11.8 Å². The number of aliphatic carboxylic acids is 1. The first-order valence-corrected chi connectivity index (χ1v) is 8.14. The topological polar surface area (TPSA) is 63.6 Å². The van der Waals surface area contributed by atoms with Crippen LogP contribution < -0.4 is 0 Å². The highest BCUT2D eigenvalue weighted by molar-refractivity contribution is 5.83. The van der Waals surface area contributed by atoms with Crippen molar-refractivity contribution < 1.29 is 19.4 Å². The number of hydrogen-bond acceptors (Lipinski definition) is 3. The van der Waals surface area contributed by atoms with Gasteiger partial charge in [-0.3, -0.25) is 9.59 Å². The van der Waals surface area contributed by atoms with Crippen LogP contribution in [0.1, 0.15) is 65.7 Å². The number of carboxylic acids is 1. The van der Waals surface area contributed by atoms with E-state index in [9.17, 15) is 9.59 Å². The number of carboxylic acid groups (broad SMARTS) is 1. The summed E-state index contributed by atoms with van der Waals surface area (Å²) in [6.45, 7) is 6.83. The molecule has 2 atom stereocenters. The fourth-order valence-corrected chi connectivity index (χ4v) is 1.97. The number of allylic oxidation sites excluding steroid dienone is 1. The van der Waals surface area contributed by atoms with Crippen molar-refractivity contribution >= 4 is 11.9 Å². The summed E-state index contributed by atoms with van der Waals surface area (Å²) in [5, 5.41) is 9.03. The van der Waals surface area contributed by atoms with Gasteiger partial charge in [-0.05, 0) is 19.3 Å². The molecule has 0 saturated carbocycles. The van der Waals surface area contributed by atoms with Crippen LogP contribution in [-0.4, -0.2) is 23.7 Å². The smallest absolute Gasteiger partial charge is 0.313 e. The summed E-state index contributed by atoms with van der Waals surface area (Å²) in [6, 6.07) is 0. The predicted octanol–water partition coefficient (Wildman–Crippen LogP) is 4.19. The highest BCUT2D eigenvalue weighted by atomic mass is 16.5. The normalized spacial score (nSPS) is 20.3. The standard InChI is InChI=1S/C13H20O4.C4H10/c1-2-3-6-9-17-13(16)11-8-5-4-7-10(11)12(14)15;1-3-4-2/h5,8,10-11H,2-4,6-7,9H2,1H3,(H,14,15);3-4H2,1-2H3. The molecule has 0 aromatic heterocycles. The first kappa shape index (κ1) is 19.7. The van der Waals surface area contributed by atoms with Crippen molar-refractivity contribution in [3.63, 3.8) is 0 Å². The molecule has 0 saturated heterocycles. The highest BCUT2D eigenvalue weighted by Crippen LogP contribution is 2.26. The van der Waals surface area contributed by atoms with Crippen LogP contribution in [0.25, 0.3) is 0 Å². The van der Waals surface area contributed by atoms with E-state index in [4.69, 9.17) is 9.84 Å². The Kier molecular flexibility index (Phi) is 11.6. The third kappa shape index (κ3) is 8.53. The molecule has 0 amide bonds. The maximum atomic E-state index is 11.7. The summed E-state index contributed by atoms with van der Waals surface area (Å²) in [5.41, 5.74) is 0. The molecule has 0 bridgehead atoms. The molecule has 122 valence electrons. The van der Waals surface area contributed by atoms with E-state index >= 15 is 0 Å². The number of ether oxygens (including phenoxy) is 1. The van der Waals surface area contributed by atoms with Crippen LogP contribution >= 0.6 is 0 Å². The van der Waals surface area contributed by atoms with Gasteiger partial charge >= 0.3 is 11.9 Å². The molecule has 4 heteroatoms. The summed E-state index contributed by atoms with van der Waals surface area (Å²) >= 11 is 0. The Morgan fingerprint density at radius 3 is 2.33 bits per heavy atom. The van der Waals surface area contributed by atoms with Gasteiger partial charge in [-0.15, -0.1) is 0 Å². The number of esters is 1. The Morgan fingerprint density at radius 1 is 1.14 bits per heavy atom. The lowest BCUT2D eigenvalue weighted by Crippen LogP contribution is -2.31. The summed E-state index contributed by atoms with van der Waals surface area (Å²) in [7, 11) is 0. The maximum Gasteiger partial charge on any atom is 0.313 e. The average Bonchev–Trinajstić information content (AvgIpc) is 2.51. The minimum atomic E-state index is -0.912. The number of rotatable bonds is 7. The summed E-state index contributed by atoms with van der Waals surface area (Å²) < 4.78 is 5.11. The fraction of sp³-hybridized carbons (Fsp3) is 0.765. The van der Waals surface area contributed by atoms with Crippen molar-refractivity contribution in [2.45, 2.75) is 65.7 Å². The summed E-state index contributed by atoms with van der Waals surface area (Å²) in [6.07, 6.45) is 10.3. The summed E-state index contributed by atoms with van der Waals surface area (Å²) in [4.78, 5) is 22.7. The predicted molar refractivity (Wildman–Crippen MR) is 84.1 cm³/mol. The molecule has 0 heterocycles. The van der Waals surface area contributed by atoms with E-state index in [1.807, 2.05) is 6.08 Å². The van der Waals surface area contributed by atoms with Crippen LogP contribution in [0.2, 0.25) is 0 Å². The van der Waals surface area contributed by atoms with Gasteiger partial charge in [0.05, 0.1) is 18.4 Å². The van der Waals surface area contributed by atoms with Crippen molar-refractivity contribution in [2.75, 3.05) is 6.61 Å². The van der Waals surface area contributed by atoms with Gasteiger partial charge in [0, 0.05) is 0 Å². The molecule has 1 N–H and O–H groups in total. The molecule has 1 rings (SSSR count). The Labute approximate surface area is 128 Å². The SMILES string of the molecule is CCCC.CCCCCOC(=O)C1C=CCCC1C(=O)O. The van der Waals surface area contributed by atoms with Gasteiger partial charge in [0.15, 0.2) is 0 Å². The molecule has 1 aliphatic rings. The number of carbonyl (C=O) groups is 2. The first-order chi connectivity index (χ1) is 10.1. The lowest BCUT2D eigenvalue weighted by Gasteiger charge is -2.22. The number of unbranched alkanes of at least 4 members (excludes halogenated alkanes) is 3. The number of carbonyl (C=O) groups excluding carboxylic acids is 1. The minimum absolute atomic E-state index is 0.392. The van der Waals surface area contributed by atoms with Gasteiger partial charge in [-0.25, -0.2) is 0 Å². The zero-order chi connectivity index (χ0) is 16.1. The third-order valence-corrected chi connectivity index (χ3v) is 3.50. The van der Waals surface area contributed by atoms with Gasteiger partial charge in [0.1, 0.15) is 0 Å². The molecule has 0 aromatic carbocycles. The van der Waals surface area contributed by atoms with E-state index in [-0.39, 0.29) is 0 Å². The molecule has 0 aromatic rings. The summed E-state index contributed by atoms with van der Waals surface area (Å²) in [5.74, 6) is -2.55. The molecule has 4 nitrogen and oxygen atoms in total. The van der Waals surface area contributed by atoms with Crippen molar-refractivity contribution in [1.29, 1.82) is 0 Å². The Bertz CT molecular complexity index is 321. The second-order valence-electron chi connectivity index (χ2n) is 5.35. The van der Waals surface area contributed by atoms with Gasteiger partial charge in [-0.2, -0.15) is 0 Å². The Morgan fingerprint density at radius 2 is 1.81 bits per heavy atom. The van der Waals surface area contributed by atoms with E-state index in [1.54, 1.807) is 6.08 Å². The molecular weight excluding hydrogens is 268 g/mol. The van der Waals surface area contributed by atoms with Gasteiger partial charge in [-0.1, -0.05) is 58.6 Å². The Balaban J connectivity index is 0.000000885. The highest BCUT2D eigenvalue weighted by Gasteiger charge is 2.34. The monoisotopic (exact) mass is 298 g/mol. The fourth-order valence-electron chi connectivity index (χ4n) is 1.97. The van der Waals surface area contributed by atoms with Gasteiger partial charge in [0.25, 0.3) is 0 Å². The van der Waals surface area contributed by atoms with E-state index in [0.717, 1.165) is 25.7 Å². The molecule has 21 heavy (non-hydrogen) atoms. The lowest BCUT2D eigenvalue weighted by atomic mass is 9.84. The minimum Gasteiger partial charge on any atom is -0.481 e. The first-order valence-electron chi connectivity index (χ1n) is 8.14. The van der Waals surface area contributed by atoms with Crippen LogP contribution in [0.5, 0.6) is 0 Å². The molecule has 0 radical (unpaired) electrons. The largest absolute Gasteiger partial charge is 0.481 e. The lowest BCUT2D eigenvalue weighted by molar-refractivity contribution is -0.156. The van der Waals surface area contributed by atoms with Gasteiger partial charge < -0.3 is 9.84 Å². The van der Waals surface area contributed by atoms with E-state index in [2.05, 4.69) is 20.8 Å². The molecular formula is C17H30O4. The number of hydrogen-bond donors (Lipinski definition) is 1. The molecule has 1 aliphatic carbocycles. The quantitative estimate of drug-likeness (QED) is 0.435.